The van der Waals surface area contributed by atoms with Crippen LogP contribution in [0.3, 0.4) is 0 Å². The lowest BCUT2D eigenvalue weighted by Gasteiger charge is -2.35. The third-order valence-electron chi connectivity index (χ3n) is 3.69. The number of alkyl halides is 2. The van der Waals surface area contributed by atoms with Gasteiger partial charge in [0.05, 0.1) is 18.6 Å². The highest BCUT2D eigenvalue weighted by Crippen LogP contribution is 2.45. The first-order chi connectivity index (χ1) is 8.51. The Bertz CT molecular complexity index is 452. The van der Waals surface area contributed by atoms with Crippen LogP contribution in [-0.2, 0) is 5.41 Å². The zero-order valence-corrected chi connectivity index (χ0v) is 10.2. The van der Waals surface area contributed by atoms with Crippen molar-refractivity contribution < 1.29 is 13.5 Å². The van der Waals surface area contributed by atoms with Crippen molar-refractivity contribution in [1.82, 2.24) is 0 Å². The lowest BCUT2D eigenvalue weighted by Crippen LogP contribution is -2.35. The zero-order valence-electron chi connectivity index (χ0n) is 10.2. The quantitative estimate of drug-likeness (QED) is 0.803. The highest BCUT2D eigenvalue weighted by molar-refractivity contribution is 5.37. The Hall–Kier alpha value is -1.63. The molecule has 0 N–H and O–H groups in total. The SMILES string of the molecule is COc1ccc(C2(C#N)CCC(F)(F)CC2)cc1. The van der Waals surface area contributed by atoms with Crippen molar-refractivity contribution in [3.63, 3.8) is 0 Å². The molecule has 18 heavy (non-hydrogen) atoms. The van der Waals surface area contributed by atoms with Crippen LogP contribution >= 0.6 is 0 Å². The highest BCUT2D eigenvalue weighted by atomic mass is 19.3. The van der Waals surface area contributed by atoms with Crippen molar-refractivity contribution in [2.24, 2.45) is 0 Å². The first-order valence-corrected chi connectivity index (χ1v) is 5.95. The fraction of sp³-hybridized carbons (Fsp3) is 0.500. The molecule has 0 atom stereocenters. The molecule has 0 unspecified atom stereocenters. The van der Waals surface area contributed by atoms with Gasteiger partial charge in [0.15, 0.2) is 0 Å². The molecule has 0 heterocycles. The van der Waals surface area contributed by atoms with E-state index < -0.39 is 11.3 Å². The second-order valence-electron chi connectivity index (χ2n) is 4.78. The molecular weight excluding hydrogens is 236 g/mol. The van der Waals surface area contributed by atoms with Crippen molar-refractivity contribution >= 4 is 0 Å². The van der Waals surface area contributed by atoms with E-state index >= 15 is 0 Å². The topological polar surface area (TPSA) is 33.0 Å². The maximum Gasteiger partial charge on any atom is 0.248 e. The van der Waals surface area contributed by atoms with Crippen LogP contribution < -0.4 is 4.74 Å². The average molecular weight is 251 g/mol. The van der Waals surface area contributed by atoms with Gasteiger partial charge < -0.3 is 4.74 Å². The van der Waals surface area contributed by atoms with Crippen LogP contribution in [0.2, 0.25) is 0 Å². The summed E-state index contributed by atoms with van der Waals surface area (Å²) in [5.74, 6) is -1.92. The molecule has 1 aromatic carbocycles. The van der Waals surface area contributed by atoms with Gasteiger partial charge in [-0.15, -0.1) is 0 Å². The van der Waals surface area contributed by atoms with E-state index in [9.17, 15) is 14.0 Å². The number of methoxy groups -OCH3 is 1. The Morgan fingerprint density at radius 2 is 1.67 bits per heavy atom. The summed E-state index contributed by atoms with van der Waals surface area (Å²) >= 11 is 0. The molecule has 0 spiro atoms. The van der Waals surface area contributed by atoms with E-state index in [1.165, 1.54) is 0 Å². The standard InChI is InChI=1S/C14H15F2NO/c1-18-12-4-2-11(3-5-12)13(10-17)6-8-14(15,16)9-7-13/h2-5H,6-9H2,1H3. The first kappa shape index (κ1) is 12.8. The molecule has 1 saturated carbocycles. The smallest absolute Gasteiger partial charge is 0.248 e. The van der Waals surface area contributed by atoms with Gasteiger partial charge in [-0.3, -0.25) is 0 Å². The molecule has 0 saturated heterocycles. The molecule has 1 aliphatic rings. The van der Waals surface area contributed by atoms with Crippen LogP contribution in [-0.4, -0.2) is 13.0 Å². The van der Waals surface area contributed by atoms with Crippen LogP contribution in [0.1, 0.15) is 31.2 Å². The Morgan fingerprint density at radius 1 is 1.11 bits per heavy atom. The fourth-order valence-corrected chi connectivity index (χ4v) is 2.42. The van der Waals surface area contributed by atoms with E-state index in [-0.39, 0.29) is 25.7 Å². The zero-order chi connectivity index (χ0) is 13.2. The molecule has 0 aliphatic heterocycles. The van der Waals surface area contributed by atoms with E-state index in [0.29, 0.717) is 5.75 Å². The number of halogens is 2. The minimum atomic E-state index is -2.62. The summed E-state index contributed by atoms with van der Waals surface area (Å²) in [6.07, 6.45) is -0.00909. The van der Waals surface area contributed by atoms with Gasteiger partial charge in [0, 0.05) is 12.8 Å². The summed E-state index contributed by atoms with van der Waals surface area (Å²) in [5, 5.41) is 9.37. The maximum absolute atomic E-state index is 13.2. The lowest BCUT2D eigenvalue weighted by atomic mass is 9.69. The molecule has 2 rings (SSSR count). The summed E-state index contributed by atoms with van der Waals surface area (Å²) < 4.78 is 31.4. The molecule has 0 bridgehead atoms. The highest BCUT2D eigenvalue weighted by Gasteiger charge is 2.44. The van der Waals surface area contributed by atoms with Crippen LogP contribution in [0.4, 0.5) is 8.78 Å². The number of nitrogens with zero attached hydrogens (tertiary/aromatic N) is 1. The normalized spacial score (nSPS) is 21.0. The number of hydrogen-bond donors (Lipinski definition) is 0. The fourth-order valence-electron chi connectivity index (χ4n) is 2.42. The van der Waals surface area contributed by atoms with Crippen molar-refractivity contribution in [1.29, 1.82) is 5.26 Å². The average Bonchev–Trinajstić information content (AvgIpc) is 2.40. The van der Waals surface area contributed by atoms with Crippen molar-refractivity contribution in [2.45, 2.75) is 37.0 Å². The van der Waals surface area contributed by atoms with Gasteiger partial charge in [-0.25, -0.2) is 8.78 Å². The molecule has 1 fully saturated rings. The number of nitriles is 1. The number of hydrogen-bond acceptors (Lipinski definition) is 2. The third-order valence-corrected chi connectivity index (χ3v) is 3.69. The van der Waals surface area contributed by atoms with Gasteiger partial charge >= 0.3 is 0 Å². The summed E-state index contributed by atoms with van der Waals surface area (Å²) in [5.41, 5.74) is 0.0369. The van der Waals surface area contributed by atoms with E-state index in [4.69, 9.17) is 4.74 Å². The van der Waals surface area contributed by atoms with Crippen LogP contribution in [0, 0.1) is 11.3 Å². The van der Waals surface area contributed by atoms with Gasteiger partial charge in [-0.2, -0.15) is 5.26 Å². The minimum absolute atomic E-state index is 0.211. The Morgan fingerprint density at radius 3 is 2.11 bits per heavy atom. The van der Waals surface area contributed by atoms with Gasteiger partial charge in [0.2, 0.25) is 5.92 Å². The predicted octanol–water partition coefficient (Wildman–Crippen LogP) is 3.67. The summed E-state index contributed by atoms with van der Waals surface area (Å²) in [4.78, 5) is 0. The molecule has 1 aromatic rings. The van der Waals surface area contributed by atoms with Crippen molar-refractivity contribution in [2.75, 3.05) is 7.11 Å². The van der Waals surface area contributed by atoms with Crippen molar-refractivity contribution in [3.8, 4) is 11.8 Å². The van der Waals surface area contributed by atoms with Gasteiger partial charge in [0.1, 0.15) is 5.75 Å². The second kappa shape index (κ2) is 4.56. The Balaban J connectivity index is 2.25. The van der Waals surface area contributed by atoms with E-state index in [0.717, 1.165) is 5.56 Å². The third kappa shape index (κ3) is 2.31. The predicted molar refractivity (Wildman–Crippen MR) is 63.7 cm³/mol. The Kier molecular flexibility index (Phi) is 3.25. The molecular formula is C14H15F2NO. The summed E-state index contributed by atoms with van der Waals surface area (Å²) in [6, 6.07) is 9.36. The molecule has 0 aromatic heterocycles. The van der Waals surface area contributed by atoms with Gasteiger partial charge in [0.25, 0.3) is 0 Å². The monoisotopic (exact) mass is 251 g/mol. The van der Waals surface area contributed by atoms with Crippen LogP contribution in [0.5, 0.6) is 5.75 Å². The van der Waals surface area contributed by atoms with Gasteiger partial charge in [-0.05, 0) is 30.5 Å². The molecule has 2 nitrogen and oxygen atoms in total. The molecule has 0 amide bonds. The summed E-state index contributed by atoms with van der Waals surface area (Å²) in [6.45, 7) is 0. The summed E-state index contributed by atoms with van der Waals surface area (Å²) in [7, 11) is 1.57. The van der Waals surface area contributed by atoms with Gasteiger partial charge in [-0.1, -0.05) is 12.1 Å². The molecule has 4 heteroatoms. The number of ether oxygens (including phenoxy) is 1. The lowest BCUT2D eigenvalue weighted by molar-refractivity contribution is -0.0453. The maximum atomic E-state index is 13.2. The Labute approximate surface area is 105 Å². The van der Waals surface area contributed by atoms with E-state index in [2.05, 4.69) is 6.07 Å². The van der Waals surface area contributed by atoms with Crippen LogP contribution in [0.15, 0.2) is 24.3 Å². The molecule has 96 valence electrons. The van der Waals surface area contributed by atoms with E-state index in [1.807, 2.05) is 0 Å². The molecule has 0 radical (unpaired) electrons. The van der Waals surface area contributed by atoms with Crippen molar-refractivity contribution in [3.05, 3.63) is 29.8 Å². The second-order valence-corrected chi connectivity index (χ2v) is 4.78. The number of rotatable bonds is 2. The molecule has 1 aliphatic carbocycles. The first-order valence-electron chi connectivity index (χ1n) is 5.95. The number of benzene rings is 1. The largest absolute Gasteiger partial charge is 0.497 e. The van der Waals surface area contributed by atoms with Crippen LogP contribution in [0.25, 0.3) is 0 Å². The minimum Gasteiger partial charge on any atom is -0.497 e. The van der Waals surface area contributed by atoms with E-state index in [1.54, 1.807) is 31.4 Å².